The first-order chi connectivity index (χ1) is 14.4. The van der Waals surface area contributed by atoms with Crippen molar-refractivity contribution in [2.45, 2.75) is 55.8 Å². The molecule has 7 nitrogen and oxygen atoms in total. The van der Waals surface area contributed by atoms with Gasteiger partial charge in [-0.25, -0.2) is 12.8 Å². The predicted molar refractivity (Wildman–Crippen MR) is 113 cm³/mol. The predicted octanol–water partition coefficient (Wildman–Crippen LogP) is 2.98. The number of carbonyl (C=O) groups excluding carboxylic acids is 1. The molecule has 1 aliphatic carbocycles. The fourth-order valence-corrected chi connectivity index (χ4v) is 6.67. The van der Waals surface area contributed by atoms with Crippen LogP contribution in [0, 0.1) is 5.82 Å². The van der Waals surface area contributed by atoms with Crippen molar-refractivity contribution in [3.8, 4) is 11.4 Å². The van der Waals surface area contributed by atoms with E-state index in [0.717, 1.165) is 25.7 Å². The van der Waals surface area contributed by atoms with Crippen LogP contribution < -0.4 is 5.32 Å². The molecule has 1 atom stereocenters. The van der Waals surface area contributed by atoms with E-state index in [9.17, 15) is 17.6 Å². The highest BCUT2D eigenvalue weighted by Crippen LogP contribution is 2.36. The maximum absolute atomic E-state index is 14.4. The van der Waals surface area contributed by atoms with Gasteiger partial charge < -0.3 is 5.32 Å². The maximum Gasteiger partial charge on any atom is 0.230 e. The Hall–Kier alpha value is -1.94. The Bertz CT molecular complexity index is 1020. The van der Waals surface area contributed by atoms with Crippen molar-refractivity contribution in [2.75, 3.05) is 17.3 Å². The quantitative estimate of drug-likeness (QED) is 0.677. The summed E-state index contributed by atoms with van der Waals surface area (Å²) in [5.41, 5.74) is 0.406. The van der Waals surface area contributed by atoms with Gasteiger partial charge in [0, 0.05) is 12.1 Å². The molecule has 0 spiro atoms. The van der Waals surface area contributed by atoms with Gasteiger partial charge in [-0.15, -0.1) is 10.2 Å². The van der Waals surface area contributed by atoms with Gasteiger partial charge in [0.2, 0.25) is 5.91 Å². The Morgan fingerprint density at radius 2 is 1.93 bits per heavy atom. The lowest BCUT2D eigenvalue weighted by atomic mass is 9.95. The van der Waals surface area contributed by atoms with E-state index in [2.05, 4.69) is 15.5 Å². The first-order valence-electron chi connectivity index (χ1n) is 10.3. The molecule has 1 aromatic heterocycles. The molecule has 1 saturated carbocycles. The molecule has 1 aliphatic heterocycles. The second-order valence-electron chi connectivity index (χ2n) is 7.90. The van der Waals surface area contributed by atoms with Crippen molar-refractivity contribution in [2.24, 2.45) is 0 Å². The molecule has 1 aromatic carbocycles. The maximum atomic E-state index is 14.4. The zero-order valence-corrected chi connectivity index (χ0v) is 18.2. The number of hydrogen-bond donors (Lipinski definition) is 1. The van der Waals surface area contributed by atoms with Crippen LogP contribution in [0.4, 0.5) is 4.39 Å². The number of sulfone groups is 1. The summed E-state index contributed by atoms with van der Waals surface area (Å²) in [6.45, 7) is 0. The van der Waals surface area contributed by atoms with Crippen LogP contribution in [0.15, 0.2) is 29.4 Å². The molecule has 4 rings (SSSR count). The van der Waals surface area contributed by atoms with Gasteiger partial charge in [-0.2, -0.15) is 0 Å². The number of hydrogen-bond acceptors (Lipinski definition) is 6. The molecular formula is C20H25FN4O3S2. The second-order valence-corrected chi connectivity index (χ2v) is 11.1. The highest BCUT2D eigenvalue weighted by molar-refractivity contribution is 7.99. The number of thioether (sulfide) groups is 1. The van der Waals surface area contributed by atoms with Crippen LogP contribution in [0.25, 0.3) is 11.4 Å². The lowest BCUT2D eigenvalue weighted by Gasteiger charge is -2.25. The lowest BCUT2D eigenvalue weighted by molar-refractivity contribution is -0.119. The number of amides is 1. The minimum atomic E-state index is -3.04. The first-order valence-corrected chi connectivity index (χ1v) is 13.1. The summed E-state index contributed by atoms with van der Waals surface area (Å²) in [5, 5.41) is 11.9. The van der Waals surface area contributed by atoms with E-state index < -0.39 is 9.84 Å². The van der Waals surface area contributed by atoms with Crippen LogP contribution in [0.3, 0.4) is 0 Å². The average molecular weight is 453 g/mol. The van der Waals surface area contributed by atoms with Gasteiger partial charge in [0.15, 0.2) is 20.8 Å². The van der Waals surface area contributed by atoms with Gasteiger partial charge >= 0.3 is 0 Å². The van der Waals surface area contributed by atoms with E-state index in [0.29, 0.717) is 23.0 Å². The van der Waals surface area contributed by atoms with E-state index >= 15 is 0 Å². The fourth-order valence-electron chi connectivity index (χ4n) is 4.18. The standard InChI is InChI=1S/C20H25FN4O3S2/c21-17-9-5-4-8-16(17)19-23-24-20(25(19)15-6-2-1-3-7-15)29-12-18(26)22-14-10-11-30(27,28)13-14/h4-5,8-9,14-15H,1-3,6-7,10-13H2,(H,22,26). The van der Waals surface area contributed by atoms with Gasteiger partial charge in [-0.1, -0.05) is 43.2 Å². The summed E-state index contributed by atoms with van der Waals surface area (Å²) in [5.74, 6) is 0.140. The van der Waals surface area contributed by atoms with E-state index in [1.54, 1.807) is 18.2 Å². The molecule has 1 N–H and O–H groups in total. The van der Waals surface area contributed by atoms with Gasteiger partial charge in [-0.05, 0) is 31.4 Å². The van der Waals surface area contributed by atoms with Gasteiger partial charge in [0.05, 0.1) is 22.8 Å². The van der Waals surface area contributed by atoms with Crippen LogP contribution in [0.1, 0.15) is 44.6 Å². The first kappa shape index (κ1) is 21.3. The van der Waals surface area contributed by atoms with Crippen molar-refractivity contribution in [1.29, 1.82) is 0 Å². The molecule has 162 valence electrons. The van der Waals surface area contributed by atoms with Gasteiger partial charge in [-0.3, -0.25) is 9.36 Å². The van der Waals surface area contributed by atoms with Crippen LogP contribution >= 0.6 is 11.8 Å². The van der Waals surface area contributed by atoms with Crippen molar-refractivity contribution in [3.05, 3.63) is 30.1 Å². The monoisotopic (exact) mass is 452 g/mol. The number of rotatable bonds is 6. The molecule has 1 saturated heterocycles. The third-order valence-electron chi connectivity index (χ3n) is 5.65. The Labute approximate surface area is 179 Å². The SMILES string of the molecule is O=C(CSc1nnc(-c2ccccc2F)n1C1CCCCC1)NC1CCS(=O)(=O)C1. The van der Waals surface area contributed by atoms with Crippen molar-refractivity contribution < 1.29 is 17.6 Å². The number of aromatic nitrogens is 3. The van der Waals surface area contributed by atoms with E-state index in [1.165, 1.54) is 24.2 Å². The zero-order valence-electron chi connectivity index (χ0n) is 16.6. The Balaban J connectivity index is 1.51. The van der Waals surface area contributed by atoms with E-state index in [1.807, 2.05) is 4.57 Å². The largest absolute Gasteiger partial charge is 0.352 e. The Morgan fingerprint density at radius 3 is 2.63 bits per heavy atom. The molecule has 2 aliphatic rings. The zero-order chi connectivity index (χ0) is 21.1. The smallest absolute Gasteiger partial charge is 0.230 e. The number of nitrogens with one attached hydrogen (secondary N) is 1. The minimum absolute atomic E-state index is 0.000897. The van der Waals surface area contributed by atoms with E-state index in [4.69, 9.17) is 0 Å². The molecule has 2 aromatic rings. The molecular weight excluding hydrogens is 427 g/mol. The van der Waals surface area contributed by atoms with E-state index in [-0.39, 0.29) is 41.1 Å². The van der Waals surface area contributed by atoms with Crippen LogP contribution in [-0.4, -0.2) is 52.4 Å². The topological polar surface area (TPSA) is 93.9 Å². The van der Waals surface area contributed by atoms with Crippen molar-refractivity contribution in [3.63, 3.8) is 0 Å². The number of benzene rings is 1. The molecule has 2 heterocycles. The van der Waals surface area contributed by atoms with Gasteiger partial charge in [0.1, 0.15) is 5.82 Å². The molecule has 0 bridgehead atoms. The molecule has 1 unspecified atom stereocenters. The molecule has 2 fully saturated rings. The molecule has 10 heteroatoms. The highest BCUT2D eigenvalue weighted by atomic mass is 32.2. The summed E-state index contributed by atoms with van der Waals surface area (Å²) >= 11 is 1.26. The molecule has 1 amide bonds. The lowest BCUT2D eigenvalue weighted by Crippen LogP contribution is -2.36. The number of nitrogens with zero attached hydrogens (tertiary/aromatic N) is 3. The van der Waals surface area contributed by atoms with Crippen LogP contribution in [-0.2, 0) is 14.6 Å². The minimum Gasteiger partial charge on any atom is -0.352 e. The van der Waals surface area contributed by atoms with Gasteiger partial charge in [0.25, 0.3) is 0 Å². The normalized spacial score (nSPS) is 21.6. The summed E-state index contributed by atoms with van der Waals surface area (Å²) < 4.78 is 39.6. The third-order valence-corrected chi connectivity index (χ3v) is 8.36. The van der Waals surface area contributed by atoms with Crippen LogP contribution in [0.5, 0.6) is 0 Å². The van der Waals surface area contributed by atoms with Crippen molar-refractivity contribution in [1.82, 2.24) is 20.1 Å². The van der Waals surface area contributed by atoms with Crippen molar-refractivity contribution >= 4 is 27.5 Å². The average Bonchev–Trinajstić information content (AvgIpc) is 3.30. The summed E-state index contributed by atoms with van der Waals surface area (Å²) in [6, 6.07) is 6.37. The summed E-state index contributed by atoms with van der Waals surface area (Å²) in [6.07, 6.45) is 5.77. The number of halogens is 1. The van der Waals surface area contributed by atoms with Crippen LogP contribution in [0.2, 0.25) is 0 Å². The Morgan fingerprint density at radius 1 is 1.17 bits per heavy atom. The summed E-state index contributed by atoms with van der Waals surface area (Å²) in [4.78, 5) is 12.4. The molecule has 0 radical (unpaired) electrons. The highest BCUT2D eigenvalue weighted by Gasteiger charge is 2.29. The molecule has 30 heavy (non-hydrogen) atoms. The third kappa shape index (κ3) is 4.85. The number of carbonyl (C=O) groups is 1. The summed E-state index contributed by atoms with van der Waals surface area (Å²) in [7, 11) is -3.04. The fraction of sp³-hybridized carbons (Fsp3) is 0.550. The second kappa shape index (κ2) is 9.05. The Kier molecular flexibility index (Phi) is 6.43.